The van der Waals surface area contributed by atoms with E-state index < -0.39 is 0 Å². The van der Waals surface area contributed by atoms with E-state index >= 15 is 0 Å². The molecule has 1 aliphatic rings. The molecule has 20 heavy (non-hydrogen) atoms. The van der Waals surface area contributed by atoms with Crippen LogP contribution in [0, 0.1) is 0 Å². The monoisotopic (exact) mass is 295 g/mol. The first-order valence-corrected chi connectivity index (χ1v) is 8.57. The second-order valence-electron chi connectivity index (χ2n) is 5.20. The summed E-state index contributed by atoms with van der Waals surface area (Å²) in [5.41, 5.74) is 1.16. The van der Waals surface area contributed by atoms with Crippen molar-refractivity contribution in [3.8, 4) is 11.5 Å². The molecule has 1 fully saturated rings. The third-order valence-electron chi connectivity index (χ3n) is 3.71. The van der Waals surface area contributed by atoms with Crippen molar-refractivity contribution in [2.24, 2.45) is 0 Å². The van der Waals surface area contributed by atoms with E-state index in [-0.39, 0.29) is 5.75 Å². The van der Waals surface area contributed by atoms with E-state index in [1.165, 1.54) is 25.0 Å². The van der Waals surface area contributed by atoms with E-state index in [0.29, 0.717) is 18.4 Å². The molecule has 2 unspecified atom stereocenters. The van der Waals surface area contributed by atoms with Gasteiger partial charge < -0.3 is 15.2 Å². The van der Waals surface area contributed by atoms with Crippen molar-refractivity contribution in [2.75, 3.05) is 12.4 Å². The van der Waals surface area contributed by atoms with Gasteiger partial charge in [-0.3, -0.25) is 0 Å². The lowest BCUT2D eigenvalue weighted by Gasteiger charge is -2.14. The van der Waals surface area contributed by atoms with Gasteiger partial charge in [-0.05, 0) is 49.6 Å². The number of phenols is 1. The van der Waals surface area contributed by atoms with Gasteiger partial charge in [0.15, 0.2) is 11.5 Å². The minimum atomic E-state index is 0.218. The highest BCUT2D eigenvalue weighted by atomic mass is 32.2. The number of hydrogen-bond acceptors (Lipinski definition) is 4. The van der Waals surface area contributed by atoms with Gasteiger partial charge in [0.1, 0.15) is 0 Å². The molecule has 0 amide bonds. The van der Waals surface area contributed by atoms with E-state index in [1.54, 1.807) is 6.07 Å². The van der Waals surface area contributed by atoms with Crippen molar-refractivity contribution < 1.29 is 9.84 Å². The number of ether oxygens (including phenoxy) is 1. The Balaban J connectivity index is 1.83. The first kappa shape index (κ1) is 15.5. The molecule has 0 aromatic heterocycles. The lowest BCUT2D eigenvalue weighted by molar-refractivity contribution is 0.317. The van der Waals surface area contributed by atoms with Gasteiger partial charge in [-0.25, -0.2) is 0 Å². The lowest BCUT2D eigenvalue weighted by atomic mass is 10.1. The van der Waals surface area contributed by atoms with Crippen molar-refractivity contribution in [3.63, 3.8) is 0 Å². The van der Waals surface area contributed by atoms with Gasteiger partial charge in [0, 0.05) is 17.8 Å². The molecule has 1 aliphatic carbocycles. The molecule has 0 saturated heterocycles. The van der Waals surface area contributed by atoms with E-state index in [9.17, 15) is 5.11 Å². The average molecular weight is 295 g/mol. The number of hydrogen-bond donors (Lipinski definition) is 2. The lowest BCUT2D eigenvalue weighted by Crippen LogP contribution is -2.26. The molecule has 1 aromatic rings. The predicted octanol–water partition coefficient (Wildman–Crippen LogP) is 3.55. The van der Waals surface area contributed by atoms with E-state index in [1.807, 2.05) is 19.1 Å². The molecular formula is C16H25NO2S. The number of rotatable bonds is 7. The van der Waals surface area contributed by atoms with E-state index in [2.05, 4.69) is 24.0 Å². The van der Waals surface area contributed by atoms with Crippen molar-refractivity contribution in [1.82, 2.24) is 5.32 Å². The van der Waals surface area contributed by atoms with Crippen LogP contribution in [0.3, 0.4) is 0 Å². The van der Waals surface area contributed by atoms with Gasteiger partial charge in [0.25, 0.3) is 0 Å². The summed E-state index contributed by atoms with van der Waals surface area (Å²) in [6.07, 6.45) is 3.87. The maximum absolute atomic E-state index is 9.69. The third-order valence-corrected chi connectivity index (χ3v) is 4.94. The Morgan fingerprint density at radius 3 is 2.95 bits per heavy atom. The Bertz CT molecular complexity index is 425. The molecule has 4 heteroatoms. The van der Waals surface area contributed by atoms with Crippen LogP contribution < -0.4 is 10.1 Å². The molecule has 2 atom stereocenters. The second kappa shape index (κ2) is 7.79. The SMILES string of the molecule is CCOc1cc(CNC2CCC(SCC)C2)ccc1O. The summed E-state index contributed by atoms with van der Waals surface area (Å²) in [5, 5.41) is 14.1. The first-order chi connectivity index (χ1) is 9.72. The van der Waals surface area contributed by atoms with Gasteiger partial charge in [-0.15, -0.1) is 0 Å². The van der Waals surface area contributed by atoms with Crippen LogP contribution >= 0.6 is 11.8 Å². The average Bonchev–Trinajstić information content (AvgIpc) is 2.88. The maximum Gasteiger partial charge on any atom is 0.161 e. The molecular weight excluding hydrogens is 270 g/mol. The molecule has 3 nitrogen and oxygen atoms in total. The van der Waals surface area contributed by atoms with Gasteiger partial charge in [-0.2, -0.15) is 11.8 Å². The van der Waals surface area contributed by atoms with Crippen LogP contribution in [-0.2, 0) is 6.54 Å². The Labute approximate surface area is 126 Å². The molecule has 0 spiro atoms. The highest BCUT2D eigenvalue weighted by molar-refractivity contribution is 7.99. The van der Waals surface area contributed by atoms with Crippen LogP contribution in [-0.4, -0.2) is 28.8 Å². The van der Waals surface area contributed by atoms with Crippen LogP contribution in [0.15, 0.2) is 18.2 Å². The van der Waals surface area contributed by atoms with Gasteiger partial charge >= 0.3 is 0 Å². The van der Waals surface area contributed by atoms with Crippen molar-refractivity contribution in [3.05, 3.63) is 23.8 Å². The Morgan fingerprint density at radius 1 is 1.35 bits per heavy atom. The zero-order valence-electron chi connectivity index (χ0n) is 12.4. The normalized spacial score (nSPS) is 22.1. The number of aromatic hydroxyl groups is 1. The molecule has 0 heterocycles. The summed E-state index contributed by atoms with van der Waals surface area (Å²) >= 11 is 2.08. The van der Waals surface area contributed by atoms with Crippen LogP contribution in [0.1, 0.15) is 38.7 Å². The highest BCUT2D eigenvalue weighted by Gasteiger charge is 2.23. The van der Waals surface area contributed by atoms with Gasteiger partial charge in [0.05, 0.1) is 6.61 Å². The summed E-state index contributed by atoms with van der Waals surface area (Å²) in [7, 11) is 0. The summed E-state index contributed by atoms with van der Waals surface area (Å²) in [6.45, 7) is 5.57. The minimum Gasteiger partial charge on any atom is -0.504 e. The third kappa shape index (κ3) is 4.32. The van der Waals surface area contributed by atoms with Gasteiger partial charge in [-0.1, -0.05) is 13.0 Å². The molecule has 1 saturated carbocycles. The quantitative estimate of drug-likeness (QED) is 0.807. The predicted molar refractivity (Wildman–Crippen MR) is 85.7 cm³/mol. The zero-order chi connectivity index (χ0) is 14.4. The zero-order valence-corrected chi connectivity index (χ0v) is 13.2. The van der Waals surface area contributed by atoms with Crippen LogP contribution in [0.5, 0.6) is 11.5 Å². The number of benzene rings is 1. The maximum atomic E-state index is 9.69. The Morgan fingerprint density at radius 2 is 2.20 bits per heavy atom. The van der Waals surface area contributed by atoms with Crippen LogP contribution in [0.2, 0.25) is 0 Å². The molecule has 2 N–H and O–H groups in total. The second-order valence-corrected chi connectivity index (χ2v) is 6.78. The van der Waals surface area contributed by atoms with Crippen LogP contribution in [0.25, 0.3) is 0 Å². The molecule has 0 radical (unpaired) electrons. The van der Waals surface area contributed by atoms with Crippen molar-refractivity contribution in [2.45, 2.75) is 50.9 Å². The Hall–Kier alpha value is -0.870. The summed E-state index contributed by atoms with van der Waals surface area (Å²) in [5.74, 6) is 2.01. The first-order valence-electron chi connectivity index (χ1n) is 7.52. The van der Waals surface area contributed by atoms with E-state index in [4.69, 9.17) is 4.74 Å². The van der Waals surface area contributed by atoms with Gasteiger partial charge in [0.2, 0.25) is 0 Å². The molecule has 1 aromatic carbocycles. The highest BCUT2D eigenvalue weighted by Crippen LogP contribution is 2.30. The van der Waals surface area contributed by atoms with E-state index in [0.717, 1.165) is 17.4 Å². The largest absolute Gasteiger partial charge is 0.504 e. The smallest absolute Gasteiger partial charge is 0.161 e. The summed E-state index contributed by atoms with van der Waals surface area (Å²) in [6, 6.07) is 6.23. The van der Waals surface area contributed by atoms with Crippen LogP contribution in [0.4, 0.5) is 0 Å². The Kier molecular flexibility index (Phi) is 6.05. The van der Waals surface area contributed by atoms with Crippen molar-refractivity contribution in [1.29, 1.82) is 0 Å². The summed E-state index contributed by atoms with van der Waals surface area (Å²) in [4.78, 5) is 0. The summed E-state index contributed by atoms with van der Waals surface area (Å²) < 4.78 is 5.42. The number of phenolic OH excluding ortho intramolecular Hbond substituents is 1. The molecule has 2 rings (SSSR count). The number of thioether (sulfide) groups is 1. The fourth-order valence-electron chi connectivity index (χ4n) is 2.71. The fourth-order valence-corrected chi connectivity index (χ4v) is 3.86. The molecule has 112 valence electrons. The standard InChI is InChI=1S/C16H25NO2S/c1-3-19-16-9-12(5-8-15(16)18)11-17-13-6-7-14(10-13)20-4-2/h5,8-9,13-14,17-18H,3-4,6-7,10-11H2,1-2H3. The molecule has 0 bridgehead atoms. The van der Waals surface area contributed by atoms with Crippen molar-refractivity contribution >= 4 is 11.8 Å². The fraction of sp³-hybridized carbons (Fsp3) is 0.625. The number of nitrogens with one attached hydrogen (secondary N) is 1. The minimum absolute atomic E-state index is 0.218. The molecule has 0 aliphatic heterocycles. The topological polar surface area (TPSA) is 41.5 Å².